The number of carbonyl (C=O) groups excluding carboxylic acids is 1. The molecule has 0 saturated heterocycles. The Labute approximate surface area is 131 Å². The Morgan fingerprint density at radius 1 is 1.30 bits per heavy atom. The highest BCUT2D eigenvalue weighted by molar-refractivity contribution is 5.94. The van der Waals surface area contributed by atoms with Gasteiger partial charge < -0.3 is 9.88 Å². The van der Waals surface area contributed by atoms with Gasteiger partial charge in [-0.15, -0.1) is 0 Å². The molecule has 0 aliphatic rings. The van der Waals surface area contributed by atoms with Gasteiger partial charge in [0, 0.05) is 18.7 Å². The van der Waals surface area contributed by atoms with Gasteiger partial charge in [-0.05, 0) is 24.3 Å². The predicted octanol–water partition coefficient (Wildman–Crippen LogP) is 2.08. The Balaban J connectivity index is 1.70. The van der Waals surface area contributed by atoms with Crippen LogP contribution in [0.1, 0.15) is 16.2 Å². The van der Waals surface area contributed by atoms with Crippen molar-refractivity contribution in [1.82, 2.24) is 19.9 Å². The number of nitrogens with zero attached hydrogens (tertiary/aromatic N) is 5. The van der Waals surface area contributed by atoms with Crippen molar-refractivity contribution in [1.29, 1.82) is 5.39 Å². The zero-order chi connectivity index (χ0) is 16.2. The quantitative estimate of drug-likeness (QED) is 0.568. The van der Waals surface area contributed by atoms with E-state index >= 15 is 0 Å². The Kier molecular flexibility index (Phi) is 3.84. The molecule has 1 aromatic carbocycles. The molecule has 0 radical (unpaired) electrons. The monoisotopic (exact) mass is 308 g/mol. The number of amides is 1. The largest absolute Gasteiger partial charge is 0.345 e. The number of anilines is 1. The lowest BCUT2D eigenvalue weighted by molar-refractivity contribution is 0.0949. The van der Waals surface area contributed by atoms with Crippen molar-refractivity contribution >= 4 is 22.8 Å². The highest BCUT2D eigenvalue weighted by Gasteiger charge is 2.11. The Morgan fingerprint density at radius 3 is 2.83 bits per heavy atom. The summed E-state index contributed by atoms with van der Waals surface area (Å²) in [4.78, 5) is 20.6. The summed E-state index contributed by atoms with van der Waals surface area (Å²) in [6, 6.07) is 10.9. The van der Waals surface area contributed by atoms with Crippen LogP contribution in [0.3, 0.4) is 0 Å². The van der Waals surface area contributed by atoms with Crippen LogP contribution >= 0.6 is 0 Å². The molecule has 0 atom stereocenters. The summed E-state index contributed by atoms with van der Waals surface area (Å²) in [6.07, 6.45) is 1.40. The number of imidazole rings is 1. The SMILES string of the molecule is Cn1c(CNC(=O)c2ccc(N[N+]#N)nc2)nc2ccccc21. The molecule has 0 spiro atoms. The first kappa shape index (κ1) is 14.5. The van der Waals surface area contributed by atoms with Crippen LogP contribution in [-0.4, -0.2) is 20.4 Å². The molecule has 0 fully saturated rings. The van der Waals surface area contributed by atoms with Crippen LogP contribution in [0.4, 0.5) is 5.82 Å². The average Bonchev–Trinajstić information content (AvgIpc) is 2.90. The fourth-order valence-electron chi connectivity index (χ4n) is 2.26. The third kappa shape index (κ3) is 2.94. The lowest BCUT2D eigenvalue weighted by Gasteiger charge is -2.05. The molecule has 3 rings (SSSR count). The summed E-state index contributed by atoms with van der Waals surface area (Å²) in [6.45, 7) is 0.315. The summed E-state index contributed by atoms with van der Waals surface area (Å²) in [5.74, 6) is 0.862. The van der Waals surface area contributed by atoms with E-state index in [-0.39, 0.29) is 5.91 Å². The van der Waals surface area contributed by atoms with Gasteiger partial charge in [0.1, 0.15) is 5.82 Å². The number of fused-ring (bicyclic) bond motifs is 1. The number of nitrogens with one attached hydrogen (secondary N) is 2. The molecule has 114 valence electrons. The maximum Gasteiger partial charge on any atom is 0.309 e. The normalized spacial score (nSPS) is 10.3. The highest BCUT2D eigenvalue weighted by Crippen LogP contribution is 2.14. The van der Waals surface area contributed by atoms with E-state index in [0.717, 1.165) is 16.9 Å². The van der Waals surface area contributed by atoms with Crippen molar-refractivity contribution in [3.63, 3.8) is 0 Å². The number of benzene rings is 1. The van der Waals surface area contributed by atoms with E-state index in [9.17, 15) is 4.79 Å². The number of diazo groups is 1. The fraction of sp³-hybridized carbons (Fsp3) is 0.133. The number of pyridine rings is 1. The van der Waals surface area contributed by atoms with Crippen LogP contribution in [0.2, 0.25) is 0 Å². The van der Waals surface area contributed by atoms with Gasteiger partial charge in [0.2, 0.25) is 5.82 Å². The minimum Gasteiger partial charge on any atom is -0.345 e. The third-order valence-electron chi connectivity index (χ3n) is 3.48. The van der Waals surface area contributed by atoms with Crippen molar-refractivity contribution in [2.45, 2.75) is 6.54 Å². The van der Waals surface area contributed by atoms with Crippen LogP contribution in [-0.2, 0) is 13.6 Å². The maximum atomic E-state index is 12.1. The van der Waals surface area contributed by atoms with Crippen LogP contribution in [0, 0.1) is 5.39 Å². The van der Waals surface area contributed by atoms with E-state index in [1.807, 2.05) is 35.9 Å². The summed E-state index contributed by atoms with van der Waals surface area (Å²) in [7, 11) is 1.91. The number of hydrogen-bond acceptors (Lipinski definition) is 5. The van der Waals surface area contributed by atoms with Gasteiger partial charge in [-0.2, -0.15) is 0 Å². The molecule has 2 heterocycles. The first-order valence-corrected chi connectivity index (χ1v) is 6.93. The van der Waals surface area contributed by atoms with Crippen molar-refractivity contribution in [2.24, 2.45) is 7.05 Å². The van der Waals surface area contributed by atoms with Gasteiger partial charge in [0.15, 0.2) is 0 Å². The Hall–Kier alpha value is -3.47. The molecule has 2 aromatic heterocycles. The maximum absolute atomic E-state index is 12.1. The molecule has 0 saturated carbocycles. The van der Waals surface area contributed by atoms with Crippen LogP contribution in [0.25, 0.3) is 16.1 Å². The first-order chi connectivity index (χ1) is 11.2. The molecule has 0 unspecified atom stereocenters. The Bertz CT molecular complexity index is 892. The highest BCUT2D eigenvalue weighted by atomic mass is 16.1. The van der Waals surface area contributed by atoms with Crippen molar-refractivity contribution in [2.75, 3.05) is 5.43 Å². The van der Waals surface area contributed by atoms with Crippen LogP contribution in [0.15, 0.2) is 42.6 Å². The molecule has 2 N–H and O–H groups in total. The molecule has 23 heavy (non-hydrogen) atoms. The van der Waals surface area contributed by atoms with Gasteiger partial charge in [0.25, 0.3) is 11.3 Å². The second-order valence-electron chi connectivity index (χ2n) is 4.90. The minimum absolute atomic E-state index is 0.253. The molecular formula is C15H14N7O+. The minimum atomic E-state index is -0.253. The van der Waals surface area contributed by atoms with Gasteiger partial charge in [-0.3, -0.25) is 4.79 Å². The van der Waals surface area contributed by atoms with E-state index in [2.05, 4.69) is 25.8 Å². The molecule has 0 aliphatic carbocycles. The van der Waals surface area contributed by atoms with Crippen molar-refractivity contribution in [3.8, 4) is 0 Å². The third-order valence-corrected chi connectivity index (χ3v) is 3.48. The second-order valence-corrected chi connectivity index (χ2v) is 4.90. The lowest BCUT2D eigenvalue weighted by Crippen LogP contribution is -2.24. The molecule has 0 bridgehead atoms. The van der Waals surface area contributed by atoms with Gasteiger partial charge in [-0.25, -0.2) is 9.97 Å². The van der Waals surface area contributed by atoms with Crippen LogP contribution < -0.4 is 10.7 Å². The number of para-hydroxylation sites is 2. The van der Waals surface area contributed by atoms with E-state index in [1.165, 1.54) is 6.20 Å². The van der Waals surface area contributed by atoms with Gasteiger partial charge in [-0.1, -0.05) is 12.1 Å². The summed E-state index contributed by atoms with van der Waals surface area (Å²) < 4.78 is 1.95. The molecule has 1 amide bonds. The number of carbonyl (C=O) groups is 1. The average molecular weight is 308 g/mol. The zero-order valence-electron chi connectivity index (χ0n) is 12.4. The first-order valence-electron chi connectivity index (χ1n) is 6.93. The van der Waals surface area contributed by atoms with E-state index in [4.69, 9.17) is 5.39 Å². The molecule has 0 aliphatic heterocycles. The van der Waals surface area contributed by atoms with Crippen LogP contribution in [0.5, 0.6) is 0 Å². The molecule has 8 heteroatoms. The number of rotatable bonds is 4. The molecular weight excluding hydrogens is 294 g/mol. The molecule has 3 aromatic rings. The van der Waals surface area contributed by atoms with Gasteiger partial charge >= 0.3 is 5.08 Å². The lowest BCUT2D eigenvalue weighted by atomic mass is 10.2. The Morgan fingerprint density at radius 2 is 2.13 bits per heavy atom. The van der Waals surface area contributed by atoms with E-state index in [1.54, 1.807) is 12.1 Å². The standard InChI is InChI=1S/C15H13N7O/c1-22-12-5-3-2-4-11(12)19-14(22)9-18-15(23)10-6-7-13(17-8-10)20-21-16/h2-8H,9H2,1H3,(H-,17,18,20,23)/p+1. The van der Waals surface area contributed by atoms with Gasteiger partial charge in [0.05, 0.1) is 23.1 Å². The van der Waals surface area contributed by atoms with Crippen molar-refractivity contribution < 1.29 is 4.79 Å². The summed E-state index contributed by atoms with van der Waals surface area (Å²) >= 11 is 0. The topological polar surface area (TPSA) is 100.0 Å². The molecule has 8 nitrogen and oxygen atoms in total. The predicted molar refractivity (Wildman–Crippen MR) is 84.8 cm³/mol. The van der Waals surface area contributed by atoms with E-state index in [0.29, 0.717) is 17.9 Å². The number of hydrogen-bond donors (Lipinski definition) is 2. The van der Waals surface area contributed by atoms with E-state index < -0.39 is 0 Å². The fourth-order valence-corrected chi connectivity index (χ4v) is 2.26. The number of aryl methyl sites for hydroxylation is 1. The second kappa shape index (κ2) is 6.11. The summed E-state index contributed by atoms with van der Waals surface area (Å²) in [5, 5.41) is 14.0. The zero-order valence-corrected chi connectivity index (χ0v) is 12.4. The van der Waals surface area contributed by atoms with Crippen molar-refractivity contribution in [3.05, 3.63) is 59.1 Å². The summed E-state index contributed by atoms with van der Waals surface area (Å²) in [5.41, 5.74) is 4.60. The smallest absolute Gasteiger partial charge is 0.309 e. The number of aromatic nitrogens is 3.